The summed E-state index contributed by atoms with van der Waals surface area (Å²) in [5.41, 5.74) is -0.0218. The van der Waals surface area contributed by atoms with Gasteiger partial charge in [-0.25, -0.2) is 14.8 Å². The van der Waals surface area contributed by atoms with Crippen LogP contribution < -0.4 is 4.74 Å². The van der Waals surface area contributed by atoms with Crippen molar-refractivity contribution in [1.29, 1.82) is 0 Å². The van der Waals surface area contributed by atoms with Crippen molar-refractivity contribution in [2.45, 2.75) is 0 Å². The minimum Gasteiger partial charge on any atom is -0.478 e. The molecule has 0 aliphatic heterocycles. The third kappa shape index (κ3) is 3.09. The van der Waals surface area contributed by atoms with Crippen molar-refractivity contribution in [3.05, 3.63) is 46.2 Å². The molecule has 0 bridgehead atoms. The molecule has 2 aromatic rings. The van der Waals surface area contributed by atoms with Gasteiger partial charge in [0.05, 0.1) is 5.56 Å². The van der Waals surface area contributed by atoms with Gasteiger partial charge in [0.15, 0.2) is 0 Å². The highest BCUT2D eigenvalue weighted by molar-refractivity contribution is 6.34. The second-order valence-corrected chi connectivity index (χ2v) is 4.14. The molecule has 0 unspecified atom stereocenters. The number of hydrogen-bond acceptors (Lipinski definition) is 4. The van der Waals surface area contributed by atoms with Crippen molar-refractivity contribution in [1.82, 2.24) is 9.97 Å². The van der Waals surface area contributed by atoms with Crippen LogP contribution >= 0.6 is 23.2 Å². The van der Waals surface area contributed by atoms with Gasteiger partial charge in [-0.1, -0.05) is 23.2 Å². The lowest BCUT2D eigenvalue weighted by molar-refractivity contribution is 0.0696. The average Bonchev–Trinajstić information content (AvgIpc) is 2.28. The monoisotopic (exact) mass is 284 g/mol. The van der Waals surface area contributed by atoms with E-state index >= 15 is 0 Å². The van der Waals surface area contributed by atoms with E-state index < -0.39 is 5.97 Å². The standard InChI is InChI=1S/C11H6Cl2N2O3/c12-7-1-8(13)3-9(2-7)18-11-14-4-6(5-15-11)10(16)17/h1-5H,(H,16,17). The van der Waals surface area contributed by atoms with E-state index in [1.54, 1.807) is 18.2 Å². The molecule has 0 amide bonds. The molecule has 0 saturated carbocycles. The number of aromatic carboxylic acids is 1. The number of rotatable bonds is 3. The molecule has 1 N–H and O–H groups in total. The molecular weight excluding hydrogens is 279 g/mol. The minimum atomic E-state index is -1.10. The maximum absolute atomic E-state index is 10.6. The molecule has 1 heterocycles. The predicted molar refractivity (Wildman–Crippen MR) is 65.5 cm³/mol. The number of carbonyl (C=O) groups is 1. The Bertz CT molecular complexity index is 567. The fourth-order valence-corrected chi connectivity index (χ4v) is 1.68. The zero-order valence-electron chi connectivity index (χ0n) is 8.80. The molecule has 0 aliphatic carbocycles. The lowest BCUT2D eigenvalue weighted by Crippen LogP contribution is -1.99. The number of nitrogens with zero attached hydrogens (tertiary/aromatic N) is 2. The molecule has 5 nitrogen and oxygen atoms in total. The summed E-state index contributed by atoms with van der Waals surface area (Å²) in [6, 6.07) is 4.66. The van der Waals surface area contributed by atoms with Crippen molar-refractivity contribution >= 4 is 29.2 Å². The van der Waals surface area contributed by atoms with Gasteiger partial charge in [0.25, 0.3) is 0 Å². The number of ether oxygens (including phenoxy) is 1. The fraction of sp³-hybridized carbons (Fsp3) is 0. The molecule has 0 fully saturated rings. The van der Waals surface area contributed by atoms with E-state index in [4.69, 9.17) is 33.0 Å². The number of halogens is 2. The molecule has 0 aliphatic rings. The smallest absolute Gasteiger partial charge is 0.338 e. The number of carboxylic acid groups (broad SMARTS) is 1. The zero-order valence-corrected chi connectivity index (χ0v) is 10.3. The normalized spacial score (nSPS) is 10.1. The SMILES string of the molecule is O=C(O)c1cnc(Oc2cc(Cl)cc(Cl)c2)nc1. The first-order valence-electron chi connectivity index (χ1n) is 4.74. The Kier molecular flexibility index (Phi) is 3.64. The summed E-state index contributed by atoms with van der Waals surface area (Å²) >= 11 is 11.6. The first-order valence-corrected chi connectivity index (χ1v) is 5.49. The lowest BCUT2D eigenvalue weighted by Gasteiger charge is -2.04. The van der Waals surface area contributed by atoms with E-state index in [1.165, 1.54) is 0 Å². The largest absolute Gasteiger partial charge is 0.478 e. The van der Waals surface area contributed by atoms with E-state index in [2.05, 4.69) is 9.97 Å². The van der Waals surface area contributed by atoms with E-state index in [-0.39, 0.29) is 11.6 Å². The van der Waals surface area contributed by atoms with Gasteiger partial charge in [-0.05, 0) is 18.2 Å². The van der Waals surface area contributed by atoms with Gasteiger partial charge < -0.3 is 9.84 Å². The maximum Gasteiger partial charge on any atom is 0.338 e. The van der Waals surface area contributed by atoms with Crippen LogP contribution in [0.25, 0.3) is 0 Å². The summed E-state index contributed by atoms with van der Waals surface area (Å²) in [5, 5.41) is 9.52. The van der Waals surface area contributed by atoms with Crippen LogP contribution in [0.3, 0.4) is 0 Å². The van der Waals surface area contributed by atoms with Crippen molar-refractivity contribution in [3.8, 4) is 11.8 Å². The first-order chi connectivity index (χ1) is 8.54. The molecule has 0 radical (unpaired) electrons. The Morgan fingerprint density at radius 2 is 1.67 bits per heavy atom. The summed E-state index contributed by atoms with van der Waals surface area (Å²) in [6.45, 7) is 0. The molecule has 92 valence electrons. The van der Waals surface area contributed by atoms with Crippen LogP contribution in [-0.2, 0) is 0 Å². The molecule has 1 aromatic heterocycles. The number of carboxylic acids is 1. The molecule has 0 saturated heterocycles. The van der Waals surface area contributed by atoms with Gasteiger partial charge in [0.2, 0.25) is 0 Å². The molecular formula is C11H6Cl2N2O3. The fourth-order valence-electron chi connectivity index (χ4n) is 1.17. The van der Waals surface area contributed by atoms with Crippen LogP contribution in [0.4, 0.5) is 0 Å². The molecule has 0 atom stereocenters. The highest BCUT2D eigenvalue weighted by Gasteiger charge is 2.06. The lowest BCUT2D eigenvalue weighted by atomic mass is 10.3. The van der Waals surface area contributed by atoms with Crippen molar-refractivity contribution in [2.75, 3.05) is 0 Å². The average molecular weight is 285 g/mol. The van der Waals surface area contributed by atoms with Crippen LogP contribution in [0.1, 0.15) is 10.4 Å². The Morgan fingerprint density at radius 1 is 1.11 bits per heavy atom. The maximum atomic E-state index is 10.6. The number of hydrogen-bond donors (Lipinski definition) is 1. The van der Waals surface area contributed by atoms with Crippen LogP contribution in [0.5, 0.6) is 11.8 Å². The van der Waals surface area contributed by atoms with Gasteiger partial charge in [-0.15, -0.1) is 0 Å². The van der Waals surface area contributed by atoms with Crippen LogP contribution in [-0.4, -0.2) is 21.0 Å². The third-order valence-electron chi connectivity index (χ3n) is 1.92. The zero-order chi connectivity index (χ0) is 13.1. The van der Waals surface area contributed by atoms with E-state index in [1.807, 2.05) is 0 Å². The third-order valence-corrected chi connectivity index (χ3v) is 2.36. The summed E-state index contributed by atoms with van der Waals surface area (Å²) in [4.78, 5) is 18.1. The van der Waals surface area contributed by atoms with Crippen molar-refractivity contribution in [2.24, 2.45) is 0 Å². The van der Waals surface area contributed by atoms with Crippen molar-refractivity contribution in [3.63, 3.8) is 0 Å². The van der Waals surface area contributed by atoms with Gasteiger partial charge in [0.1, 0.15) is 5.75 Å². The summed E-state index contributed by atoms with van der Waals surface area (Å²) in [6.07, 6.45) is 2.30. The quantitative estimate of drug-likeness (QED) is 0.936. The first kappa shape index (κ1) is 12.6. The van der Waals surface area contributed by atoms with Gasteiger partial charge in [0, 0.05) is 22.4 Å². The van der Waals surface area contributed by atoms with Gasteiger partial charge >= 0.3 is 12.0 Å². The molecule has 18 heavy (non-hydrogen) atoms. The van der Waals surface area contributed by atoms with E-state index in [0.29, 0.717) is 15.8 Å². The van der Waals surface area contributed by atoms with Gasteiger partial charge in [-0.3, -0.25) is 0 Å². The van der Waals surface area contributed by atoms with Crippen LogP contribution in [0, 0.1) is 0 Å². The second-order valence-electron chi connectivity index (χ2n) is 3.27. The summed E-state index contributed by atoms with van der Waals surface area (Å²) in [5.74, 6) is -0.733. The molecule has 7 heteroatoms. The number of benzene rings is 1. The van der Waals surface area contributed by atoms with Crippen molar-refractivity contribution < 1.29 is 14.6 Å². The van der Waals surface area contributed by atoms with E-state index in [0.717, 1.165) is 12.4 Å². The Hall–Kier alpha value is -1.85. The minimum absolute atomic E-state index is 0.0123. The summed E-state index contributed by atoms with van der Waals surface area (Å²) in [7, 11) is 0. The van der Waals surface area contributed by atoms with Gasteiger partial charge in [-0.2, -0.15) is 0 Å². The Labute approximate surface area is 112 Å². The highest BCUT2D eigenvalue weighted by atomic mass is 35.5. The number of aromatic nitrogens is 2. The van der Waals surface area contributed by atoms with E-state index in [9.17, 15) is 4.79 Å². The molecule has 0 spiro atoms. The Morgan fingerprint density at radius 3 is 2.17 bits per heavy atom. The molecule has 2 rings (SSSR count). The topological polar surface area (TPSA) is 72.3 Å². The highest BCUT2D eigenvalue weighted by Crippen LogP contribution is 2.26. The van der Waals surface area contributed by atoms with Crippen LogP contribution in [0.2, 0.25) is 10.0 Å². The predicted octanol–water partition coefficient (Wildman–Crippen LogP) is 3.27. The summed E-state index contributed by atoms with van der Waals surface area (Å²) < 4.78 is 5.29. The second kappa shape index (κ2) is 5.20. The van der Waals surface area contributed by atoms with Crippen LogP contribution in [0.15, 0.2) is 30.6 Å². The molecule has 1 aromatic carbocycles. The Balaban J connectivity index is 2.20.